The van der Waals surface area contributed by atoms with Gasteiger partial charge < -0.3 is 5.32 Å². The molecule has 3 heterocycles. The van der Waals surface area contributed by atoms with E-state index in [1.807, 2.05) is 54.9 Å². The standard InChI is InChI=1S/C19H16BrN5.C2H6/c1-13-5-2-3-7-15(13)17-9-18(22-11-14-6-4-8-21-10-14)25-19(24-17)16(20)12-23-25;1-2/h2-10,12,22H,11H2,1H3;1-2H3. The molecular weight excluding hydrogens is 402 g/mol. The van der Waals surface area contributed by atoms with Gasteiger partial charge in [-0.25, -0.2) is 4.98 Å². The number of nitrogens with zero attached hydrogens (tertiary/aromatic N) is 4. The van der Waals surface area contributed by atoms with Crippen LogP contribution in [-0.2, 0) is 6.54 Å². The Balaban J connectivity index is 0.00000102. The maximum Gasteiger partial charge on any atom is 0.172 e. The Hall–Kier alpha value is -2.73. The molecule has 0 saturated heterocycles. The fraction of sp³-hybridized carbons (Fsp3) is 0.190. The van der Waals surface area contributed by atoms with Crippen LogP contribution in [0.1, 0.15) is 25.0 Å². The molecule has 0 radical (unpaired) electrons. The van der Waals surface area contributed by atoms with Gasteiger partial charge >= 0.3 is 0 Å². The van der Waals surface area contributed by atoms with E-state index in [0.29, 0.717) is 6.54 Å². The molecular formula is C21H22BrN5. The van der Waals surface area contributed by atoms with Gasteiger partial charge in [0.25, 0.3) is 0 Å². The minimum absolute atomic E-state index is 0.664. The lowest BCUT2D eigenvalue weighted by molar-refractivity contribution is 0.925. The fourth-order valence-electron chi connectivity index (χ4n) is 2.76. The second-order valence-corrected chi connectivity index (χ2v) is 6.64. The summed E-state index contributed by atoms with van der Waals surface area (Å²) in [6.07, 6.45) is 5.39. The van der Waals surface area contributed by atoms with Crippen LogP contribution in [0.5, 0.6) is 0 Å². The van der Waals surface area contributed by atoms with E-state index < -0.39 is 0 Å². The minimum atomic E-state index is 0.664. The number of pyridine rings is 1. The number of aromatic nitrogens is 4. The third-order valence-electron chi connectivity index (χ3n) is 4.05. The van der Waals surface area contributed by atoms with Crippen molar-refractivity contribution in [1.29, 1.82) is 0 Å². The third kappa shape index (κ3) is 4.17. The van der Waals surface area contributed by atoms with E-state index in [-0.39, 0.29) is 0 Å². The van der Waals surface area contributed by atoms with E-state index in [1.54, 1.807) is 12.4 Å². The first-order valence-corrected chi connectivity index (χ1v) is 9.75. The SMILES string of the molecule is CC.Cc1ccccc1-c1cc(NCc2cccnc2)n2ncc(Br)c2n1. The molecule has 0 saturated carbocycles. The van der Waals surface area contributed by atoms with Crippen molar-refractivity contribution < 1.29 is 0 Å². The van der Waals surface area contributed by atoms with Crippen LogP contribution in [0.3, 0.4) is 0 Å². The van der Waals surface area contributed by atoms with Gasteiger partial charge in [-0.2, -0.15) is 9.61 Å². The van der Waals surface area contributed by atoms with Crippen LogP contribution in [0.2, 0.25) is 0 Å². The van der Waals surface area contributed by atoms with E-state index >= 15 is 0 Å². The summed E-state index contributed by atoms with van der Waals surface area (Å²) < 4.78 is 2.68. The summed E-state index contributed by atoms with van der Waals surface area (Å²) in [7, 11) is 0. The molecule has 6 heteroatoms. The Morgan fingerprint density at radius 2 is 1.89 bits per heavy atom. The first kappa shape index (κ1) is 19.0. The Kier molecular flexibility index (Phi) is 6.19. The average molecular weight is 424 g/mol. The number of hydrogen-bond donors (Lipinski definition) is 1. The summed E-state index contributed by atoms with van der Waals surface area (Å²) in [6.45, 7) is 6.76. The molecule has 0 unspecified atom stereocenters. The molecule has 0 amide bonds. The summed E-state index contributed by atoms with van der Waals surface area (Å²) in [6, 6.07) is 14.3. The lowest BCUT2D eigenvalue weighted by Gasteiger charge is -2.12. The van der Waals surface area contributed by atoms with Crippen LogP contribution in [0.4, 0.5) is 5.82 Å². The highest BCUT2D eigenvalue weighted by Crippen LogP contribution is 2.27. The number of anilines is 1. The summed E-state index contributed by atoms with van der Waals surface area (Å²) >= 11 is 3.54. The highest BCUT2D eigenvalue weighted by Gasteiger charge is 2.12. The van der Waals surface area contributed by atoms with Crippen molar-refractivity contribution in [3.8, 4) is 11.3 Å². The van der Waals surface area contributed by atoms with Gasteiger partial charge in [0.1, 0.15) is 5.82 Å². The predicted molar refractivity (Wildman–Crippen MR) is 114 cm³/mol. The van der Waals surface area contributed by atoms with Crippen LogP contribution in [0, 0.1) is 6.92 Å². The maximum atomic E-state index is 4.78. The Morgan fingerprint density at radius 1 is 1.07 bits per heavy atom. The van der Waals surface area contributed by atoms with Gasteiger partial charge in [0.05, 0.1) is 16.4 Å². The van der Waals surface area contributed by atoms with Crippen molar-refractivity contribution in [2.75, 3.05) is 5.32 Å². The van der Waals surface area contributed by atoms with Crippen LogP contribution >= 0.6 is 15.9 Å². The monoisotopic (exact) mass is 423 g/mol. The molecule has 3 aromatic heterocycles. The normalized spacial score (nSPS) is 10.4. The van der Waals surface area contributed by atoms with Crippen LogP contribution in [0.25, 0.3) is 16.9 Å². The number of fused-ring (bicyclic) bond motifs is 1. The fourth-order valence-corrected chi connectivity index (χ4v) is 3.10. The van der Waals surface area contributed by atoms with Crippen molar-refractivity contribution in [2.45, 2.75) is 27.3 Å². The van der Waals surface area contributed by atoms with Crippen LogP contribution in [0.15, 0.2) is 65.5 Å². The lowest BCUT2D eigenvalue weighted by atomic mass is 10.1. The Bertz CT molecular complexity index is 1030. The summed E-state index contributed by atoms with van der Waals surface area (Å²) in [5.74, 6) is 0.887. The molecule has 0 aliphatic carbocycles. The summed E-state index contributed by atoms with van der Waals surface area (Å²) in [4.78, 5) is 8.94. The zero-order valence-electron chi connectivity index (χ0n) is 15.6. The smallest absolute Gasteiger partial charge is 0.172 e. The molecule has 5 nitrogen and oxygen atoms in total. The topological polar surface area (TPSA) is 55.1 Å². The van der Waals surface area contributed by atoms with Crippen molar-refractivity contribution in [1.82, 2.24) is 19.6 Å². The van der Waals surface area contributed by atoms with Crippen molar-refractivity contribution >= 4 is 27.4 Å². The zero-order chi connectivity index (χ0) is 19.2. The largest absolute Gasteiger partial charge is 0.366 e. The molecule has 4 rings (SSSR count). The predicted octanol–water partition coefficient (Wildman–Crippen LogP) is 5.50. The van der Waals surface area contributed by atoms with Crippen LogP contribution in [-0.4, -0.2) is 19.6 Å². The van der Waals surface area contributed by atoms with Crippen molar-refractivity contribution in [3.63, 3.8) is 0 Å². The second-order valence-electron chi connectivity index (χ2n) is 5.78. The number of hydrogen-bond acceptors (Lipinski definition) is 4. The van der Waals surface area contributed by atoms with Crippen molar-refractivity contribution in [2.24, 2.45) is 0 Å². The van der Waals surface area contributed by atoms with E-state index in [1.165, 1.54) is 5.56 Å². The molecule has 0 fully saturated rings. The molecule has 138 valence electrons. The summed E-state index contributed by atoms with van der Waals surface area (Å²) in [5, 5.41) is 7.86. The minimum Gasteiger partial charge on any atom is -0.366 e. The highest BCUT2D eigenvalue weighted by atomic mass is 79.9. The highest BCUT2D eigenvalue weighted by molar-refractivity contribution is 9.10. The first-order chi connectivity index (χ1) is 13.2. The molecule has 0 atom stereocenters. The van der Waals surface area contributed by atoms with Gasteiger partial charge in [0.2, 0.25) is 0 Å². The van der Waals surface area contributed by atoms with Gasteiger partial charge in [-0.1, -0.05) is 44.2 Å². The molecule has 27 heavy (non-hydrogen) atoms. The Labute approximate surface area is 167 Å². The molecule has 0 aliphatic rings. The molecule has 0 spiro atoms. The van der Waals surface area contributed by atoms with Gasteiger partial charge in [-0.05, 0) is 40.0 Å². The first-order valence-electron chi connectivity index (χ1n) is 8.95. The maximum absolute atomic E-state index is 4.78. The van der Waals surface area contributed by atoms with Crippen LogP contribution < -0.4 is 5.32 Å². The summed E-state index contributed by atoms with van der Waals surface area (Å²) in [5.41, 5.74) is 5.11. The average Bonchev–Trinajstić information content (AvgIpc) is 3.10. The molecule has 0 aliphatic heterocycles. The van der Waals surface area contributed by atoms with Gasteiger partial charge in [0, 0.05) is 30.6 Å². The number of rotatable bonds is 4. The lowest BCUT2D eigenvalue weighted by Crippen LogP contribution is -2.07. The number of nitrogens with one attached hydrogen (secondary N) is 1. The van der Waals surface area contributed by atoms with E-state index in [0.717, 1.165) is 32.8 Å². The molecule has 1 aromatic carbocycles. The number of halogens is 1. The van der Waals surface area contributed by atoms with Gasteiger partial charge in [0.15, 0.2) is 5.65 Å². The Morgan fingerprint density at radius 3 is 2.63 bits per heavy atom. The van der Waals surface area contributed by atoms with Crippen molar-refractivity contribution in [3.05, 3.63) is 76.7 Å². The second kappa shape index (κ2) is 8.77. The molecule has 0 bridgehead atoms. The van der Waals surface area contributed by atoms with E-state index in [2.05, 4.69) is 50.4 Å². The molecule has 1 N–H and O–H groups in total. The van der Waals surface area contributed by atoms with Gasteiger partial charge in [-0.15, -0.1) is 0 Å². The number of benzene rings is 1. The third-order valence-corrected chi connectivity index (χ3v) is 4.61. The molecule has 4 aromatic rings. The number of aryl methyl sites for hydroxylation is 1. The quantitative estimate of drug-likeness (QED) is 0.470. The zero-order valence-corrected chi connectivity index (χ0v) is 17.2. The van der Waals surface area contributed by atoms with Gasteiger partial charge in [-0.3, -0.25) is 4.98 Å². The van der Waals surface area contributed by atoms with E-state index in [4.69, 9.17) is 4.98 Å². The van der Waals surface area contributed by atoms with E-state index in [9.17, 15) is 0 Å².